The minimum atomic E-state index is -0.113. The molecule has 3 aromatic rings. The lowest BCUT2D eigenvalue weighted by molar-refractivity contribution is -0.123. The maximum Gasteiger partial charge on any atom is 0.258 e. The number of aromatic amines is 1. The Bertz CT molecular complexity index is 982. The van der Waals surface area contributed by atoms with E-state index in [2.05, 4.69) is 45.2 Å². The third-order valence-electron chi connectivity index (χ3n) is 5.18. The fourth-order valence-corrected chi connectivity index (χ4v) is 5.83. The summed E-state index contributed by atoms with van der Waals surface area (Å²) in [6, 6.07) is 14.0. The molecule has 2 atom stereocenters. The van der Waals surface area contributed by atoms with Crippen LogP contribution in [0.5, 0.6) is 5.75 Å². The zero-order chi connectivity index (χ0) is 19.5. The van der Waals surface area contributed by atoms with Gasteiger partial charge >= 0.3 is 0 Å². The highest BCUT2D eigenvalue weighted by molar-refractivity contribution is 14.1. The van der Waals surface area contributed by atoms with Crippen LogP contribution in [0.3, 0.4) is 0 Å². The Labute approximate surface area is 183 Å². The molecule has 1 aromatic heterocycles. The topological polar surface area (TPSA) is 54.1 Å². The highest BCUT2D eigenvalue weighted by Gasteiger charge is 2.22. The summed E-state index contributed by atoms with van der Waals surface area (Å²) in [6.07, 6.45) is 3.30. The van der Waals surface area contributed by atoms with Crippen LogP contribution in [0, 0.1) is 3.57 Å². The number of thioether (sulfide) groups is 1. The number of nitrogens with one attached hydrogen (secondary N) is 2. The second kappa shape index (κ2) is 8.78. The van der Waals surface area contributed by atoms with Crippen LogP contribution in [0.4, 0.5) is 0 Å². The molecule has 1 fully saturated rings. The number of amides is 1. The van der Waals surface area contributed by atoms with E-state index in [0.717, 1.165) is 31.5 Å². The van der Waals surface area contributed by atoms with E-state index in [1.54, 1.807) is 0 Å². The van der Waals surface area contributed by atoms with Crippen LogP contribution in [-0.4, -0.2) is 29.0 Å². The van der Waals surface area contributed by atoms with Gasteiger partial charge in [-0.3, -0.25) is 4.79 Å². The van der Waals surface area contributed by atoms with E-state index in [4.69, 9.17) is 4.74 Å². The quantitative estimate of drug-likeness (QED) is 0.450. The molecular formula is C22H23IN2O2S. The second-order valence-corrected chi connectivity index (χ2v) is 9.39. The van der Waals surface area contributed by atoms with Gasteiger partial charge in [-0.25, -0.2) is 0 Å². The summed E-state index contributed by atoms with van der Waals surface area (Å²) >= 11 is 4.30. The first-order valence-corrected chi connectivity index (χ1v) is 11.7. The van der Waals surface area contributed by atoms with Crippen molar-refractivity contribution in [2.75, 3.05) is 18.1 Å². The van der Waals surface area contributed by atoms with Crippen LogP contribution >= 0.6 is 34.4 Å². The van der Waals surface area contributed by atoms with Gasteiger partial charge in [0.1, 0.15) is 5.75 Å². The summed E-state index contributed by atoms with van der Waals surface area (Å²) < 4.78 is 7.11. The number of aromatic nitrogens is 1. The molecule has 1 aliphatic rings. The van der Waals surface area contributed by atoms with Gasteiger partial charge in [0.15, 0.2) is 6.61 Å². The maximum atomic E-state index is 12.5. The third-order valence-corrected chi connectivity index (χ3v) is 7.32. The van der Waals surface area contributed by atoms with Crippen molar-refractivity contribution in [3.05, 3.63) is 63.4 Å². The Kier molecular flexibility index (Phi) is 6.16. The number of rotatable bonds is 6. The molecule has 1 amide bonds. The first-order valence-electron chi connectivity index (χ1n) is 9.48. The zero-order valence-electron chi connectivity index (χ0n) is 15.7. The van der Waals surface area contributed by atoms with Crippen molar-refractivity contribution in [3.63, 3.8) is 0 Å². The summed E-state index contributed by atoms with van der Waals surface area (Å²) in [6.45, 7) is 2.01. The first kappa shape index (κ1) is 19.6. The molecular weight excluding hydrogens is 483 g/mol. The predicted octanol–water partition coefficient (Wildman–Crippen LogP) is 5.25. The lowest BCUT2D eigenvalue weighted by Gasteiger charge is -2.17. The zero-order valence-corrected chi connectivity index (χ0v) is 18.7. The molecule has 0 bridgehead atoms. The average Bonchev–Trinajstić information content (AvgIpc) is 3.36. The van der Waals surface area contributed by atoms with Gasteiger partial charge in [0, 0.05) is 26.4 Å². The molecule has 0 spiro atoms. The van der Waals surface area contributed by atoms with Crippen LogP contribution in [0.25, 0.3) is 10.9 Å². The number of carbonyl (C=O) groups is 1. The first-order chi connectivity index (χ1) is 13.6. The van der Waals surface area contributed by atoms with Crippen molar-refractivity contribution in [1.82, 2.24) is 10.3 Å². The van der Waals surface area contributed by atoms with E-state index in [9.17, 15) is 4.79 Å². The van der Waals surface area contributed by atoms with Crippen LogP contribution in [0.1, 0.15) is 36.4 Å². The lowest BCUT2D eigenvalue weighted by atomic mass is 9.98. The van der Waals surface area contributed by atoms with Crippen molar-refractivity contribution >= 4 is 51.2 Å². The van der Waals surface area contributed by atoms with Crippen molar-refractivity contribution in [1.29, 1.82) is 0 Å². The van der Waals surface area contributed by atoms with Crippen LogP contribution < -0.4 is 10.1 Å². The van der Waals surface area contributed by atoms with Gasteiger partial charge in [0.05, 0.1) is 6.04 Å². The number of fused-ring (bicyclic) bond motifs is 1. The minimum Gasteiger partial charge on any atom is -0.483 e. The SMILES string of the molecule is CC(NC(=O)COc1cccc2[nH]cc(C3CCSC3)c12)c1ccccc1I. The van der Waals surface area contributed by atoms with Crippen molar-refractivity contribution < 1.29 is 9.53 Å². The van der Waals surface area contributed by atoms with Gasteiger partial charge < -0.3 is 15.0 Å². The maximum absolute atomic E-state index is 12.5. The molecule has 4 nitrogen and oxygen atoms in total. The Morgan fingerprint density at radius 1 is 1.32 bits per heavy atom. The fraction of sp³-hybridized carbons (Fsp3) is 0.318. The van der Waals surface area contributed by atoms with E-state index in [0.29, 0.717) is 5.92 Å². The molecule has 1 saturated heterocycles. The van der Waals surface area contributed by atoms with Gasteiger partial charge in [-0.1, -0.05) is 24.3 Å². The molecule has 4 rings (SSSR count). The smallest absolute Gasteiger partial charge is 0.258 e. The molecule has 0 saturated carbocycles. The van der Waals surface area contributed by atoms with Crippen LogP contribution in [0.2, 0.25) is 0 Å². The van der Waals surface area contributed by atoms with E-state index < -0.39 is 0 Å². The lowest BCUT2D eigenvalue weighted by Crippen LogP contribution is -2.31. The van der Waals surface area contributed by atoms with E-state index in [1.807, 2.05) is 55.1 Å². The molecule has 0 aliphatic carbocycles. The van der Waals surface area contributed by atoms with Crippen LogP contribution in [-0.2, 0) is 4.79 Å². The highest BCUT2D eigenvalue weighted by atomic mass is 127. The largest absolute Gasteiger partial charge is 0.483 e. The van der Waals surface area contributed by atoms with Gasteiger partial charge in [-0.2, -0.15) is 11.8 Å². The van der Waals surface area contributed by atoms with Gasteiger partial charge in [-0.15, -0.1) is 0 Å². The molecule has 6 heteroatoms. The fourth-order valence-electron chi connectivity index (χ4n) is 3.73. The molecule has 2 aromatic carbocycles. The summed E-state index contributed by atoms with van der Waals surface area (Å²) in [5.74, 6) is 3.58. The number of benzene rings is 2. The van der Waals surface area contributed by atoms with E-state index in [-0.39, 0.29) is 18.6 Å². The number of hydrogen-bond donors (Lipinski definition) is 2. The average molecular weight is 506 g/mol. The van der Waals surface area contributed by atoms with Crippen molar-refractivity contribution in [2.45, 2.75) is 25.3 Å². The molecule has 28 heavy (non-hydrogen) atoms. The Morgan fingerprint density at radius 3 is 2.96 bits per heavy atom. The van der Waals surface area contributed by atoms with Crippen molar-refractivity contribution in [3.8, 4) is 5.75 Å². The number of halogens is 1. The standard InChI is InChI=1S/C22H23IN2O2S/c1-14(16-5-2-3-6-18(16)23)25-21(26)12-27-20-8-4-7-19-22(20)17(11-24-19)15-9-10-28-13-15/h2-8,11,14-15,24H,9-10,12-13H2,1H3,(H,25,26). The van der Waals surface area contributed by atoms with Gasteiger partial charge in [0.2, 0.25) is 0 Å². The minimum absolute atomic E-state index is 0.0108. The molecule has 2 heterocycles. The molecule has 0 radical (unpaired) electrons. The number of carbonyl (C=O) groups excluding carboxylic acids is 1. The van der Waals surface area contributed by atoms with Crippen LogP contribution in [0.15, 0.2) is 48.7 Å². The molecule has 2 N–H and O–H groups in total. The summed E-state index contributed by atoms with van der Waals surface area (Å²) in [5.41, 5.74) is 3.49. The monoisotopic (exact) mass is 506 g/mol. The summed E-state index contributed by atoms with van der Waals surface area (Å²) in [4.78, 5) is 15.8. The molecule has 1 aliphatic heterocycles. The number of ether oxygens (including phenoxy) is 1. The predicted molar refractivity (Wildman–Crippen MR) is 124 cm³/mol. The van der Waals surface area contributed by atoms with E-state index in [1.165, 1.54) is 17.7 Å². The Hall–Kier alpha value is -1.67. The number of hydrogen-bond acceptors (Lipinski definition) is 3. The number of H-pyrrole nitrogens is 1. The van der Waals surface area contributed by atoms with Gasteiger partial charge in [-0.05, 0) is 76.9 Å². The molecule has 146 valence electrons. The summed E-state index contributed by atoms with van der Waals surface area (Å²) in [7, 11) is 0. The van der Waals surface area contributed by atoms with Crippen molar-refractivity contribution in [2.24, 2.45) is 0 Å². The van der Waals surface area contributed by atoms with E-state index >= 15 is 0 Å². The normalized spacial score (nSPS) is 17.6. The second-order valence-electron chi connectivity index (χ2n) is 7.08. The highest BCUT2D eigenvalue weighted by Crippen LogP contribution is 2.39. The Balaban J connectivity index is 1.46. The van der Waals surface area contributed by atoms with Gasteiger partial charge in [0.25, 0.3) is 5.91 Å². The Morgan fingerprint density at radius 2 is 2.18 bits per heavy atom. The third kappa shape index (κ3) is 4.17. The summed E-state index contributed by atoms with van der Waals surface area (Å²) in [5, 5.41) is 4.16. The molecule has 2 unspecified atom stereocenters.